The third kappa shape index (κ3) is 7.97. The van der Waals surface area contributed by atoms with Crippen molar-refractivity contribution in [3.05, 3.63) is 174 Å². The van der Waals surface area contributed by atoms with Gasteiger partial charge in [-0.05, 0) is 69.3 Å². The maximum atomic E-state index is 14.5. The van der Waals surface area contributed by atoms with Crippen molar-refractivity contribution in [3.63, 3.8) is 0 Å². The number of nitrogens with zero attached hydrogens (tertiary/aromatic N) is 7. The number of aromatic nitrogens is 8. The quantitative estimate of drug-likeness (QED) is 0.106. The highest BCUT2D eigenvalue weighted by atomic mass is 32.2. The van der Waals surface area contributed by atoms with Crippen LogP contribution in [-0.2, 0) is 30.1 Å². The lowest BCUT2D eigenvalue weighted by Crippen LogP contribution is -2.23. The number of aryl methyl sites for hydroxylation is 3. The van der Waals surface area contributed by atoms with Crippen molar-refractivity contribution in [2.45, 2.75) is 35.5 Å². The maximum Gasteiger partial charge on any atom is 0.275 e. The molecule has 0 saturated carbocycles. The summed E-state index contributed by atoms with van der Waals surface area (Å²) in [6.45, 7) is 5.53. The molecule has 20 heteroatoms. The summed E-state index contributed by atoms with van der Waals surface area (Å²) >= 11 is 0. The minimum absolute atomic E-state index is 0.00839. The van der Waals surface area contributed by atoms with E-state index in [0.29, 0.717) is 38.4 Å². The number of fused-ring (bicyclic) bond motifs is 20. The second kappa shape index (κ2) is 16.9. The van der Waals surface area contributed by atoms with Gasteiger partial charge in [0.1, 0.15) is 11.3 Å². The standard InChI is InChI=1S/C53H39N11O6S3/c1-30-16-22-33(23-17-30)71(65,66)61-43-29-28-42-44(45(43)62-72(67,68)34-24-18-31(2)19-25-34)51-57-47-37-11-5-7-13-39(37)49(55-47)60-53-41-15-9-8-14-40(41)52(64(53)63-73(69,70)35-26-20-32(3)21-27-35)59-48-38-12-6-4-10-36(38)46(54-48)56-50(42)58-51/h4-29,61-63H,1-3H3,(H,54,55,56,57,58,59,60). The number of hydrogen-bond donors (Lipinski definition) is 4. The zero-order valence-electron chi connectivity index (χ0n) is 38.8. The van der Waals surface area contributed by atoms with E-state index in [1.807, 2.05) is 75.4 Å². The topological polar surface area (TPSA) is 237 Å². The fourth-order valence-corrected chi connectivity index (χ4v) is 12.0. The van der Waals surface area contributed by atoms with Crippen LogP contribution >= 0.6 is 0 Å². The first kappa shape index (κ1) is 45.3. The Labute approximate surface area is 417 Å². The molecule has 0 radical (unpaired) electrons. The van der Waals surface area contributed by atoms with Gasteiger partial charge in [0.2, 0.25) is 0 Å². The zero-order valence-corrected chi connectivity index (χ0v) is 41.3. The number of nitrogens with one attached hydrogen (secondary N) is 4. The minimum atomic E-state index is -4.42. The minimum Gasteiger partial charge on any atom is -0.324 e. The highest BCUT2D eigenvalue weighted by molar-refractivity contribution is 7.93. The monoisotopic (exact) mass is 1020 g/mol. The molecule has 7 aromatic carbocycles. The van der Waals surface area contributed by atoms with Crippen molar-refractivity contribution >= 4 is 85.6 Å². The van der Waals surface area contributed by atoms with Gasteiger partial charge in [-0.2, -0.15) is 8.42 Å². The number of aromatic amines is 1. The summed E-state index contributed by atoms with van der Waals surface area (Å²) in [6, 6.07) is 43.8. The molecule has 360 valence electrons. The van der Waals surface area contributed by atoms with Crippen molar-refractivity contribution in [2.24, 2.45) is 0 Å². The van der Waals surface area contributed by atoms with Gasteiger partial charge in [-0.15, -0.1) is 0 Å². The molecule has 0 amide bonds. The molecule has 73 heavy (non-hydrogen) atoms. The predicted molar refractivity (Wildman–Crippen MR) is 281 cm³/mol. The Hall–Kier alpha value is -8.85. The third-order valence-corrected chi connectivity index (χ3v) is 16.6. The van der Waals surface area contributed by atoms with Crippen LogP contribution in [0.4, 0.5) is 11.4 Å². The van der Waals surface area contributed by atoms with E-state index in [2.05, 4.69) is 19.3 Å². The van der Waals surface area contributed by atoms with Crippen molar-refractivity contribution < 1.29 is 25.3 Å². The van der Waals surface area contributed by atoms with E-state index in [0.717, 1.165) is 16.7 Å². The number of hydrogen-bond acceptors (Lipinski definition) is 12. The molecule has 0 atom stereocenters. The molecule has 5 heterocycles. The molecule has 0 aliphatic carbocycles. The summed E-state index contributed by atoms with van der Waals surface area (Å²) < 4.78 is 92.8. The summed E-state index contributed by atoms with van der Waals surface area (Å²) in [7, 11) is -13.0. The van der Waals surface area contributed by atoms with E-state index >= 15 is 0 Å². The largest absolute Gasteiger partial charge is 0.324 e. The van der Waals surface area contributed by atoms with Gasteiger partial charge in [-0.3, -0.25) is 9.44 Å². The molecule has 3 aromatic heterocycles. The molecular weight excluding hydrogens is 983 g/mol. The van der Waals surface area contributed by atoms with Gasteiger partial charge in [0, 0.05) is 38.4 Å². The lowest BCUT2D eigenvalue weighted by Gasteiger charge is -2.16. The van der Waals surface area contributed by atoms with Crippen LogP contribution in [0.25, 0.3) is 89.7 Å². The van der Waals surface area contributed by atoms with Crippen LogP contribution in [0.3, 0.4) is 0 Å². The number of benzene rings is 7. The van der Waals surface area contributed by atoms with Crippen LogP contribution in [0.1, 0.15) is 16.7 Å². The van der Waals surface area contributed by atoms with Crippen LogP contribution in [0.15, 0.2) is 172 Å². The van der Waals surface area contributed by atoms with Crippen LogP contribution in [-0.4, -0.2) is 64.8 Å². The molecule has 0 unspecified atom stereocenters. The van der Waals surface area contributed by atoms with E-state index in [4.69, 9.17) is 29.9 Å². The van der Waals surface area contributed by atoms with Gasteiger partial charge in [-0.1, -0.05) is 126 Å². The normalized spacial score (nSPS) is 12.4. The average molecular weight is 1020 g/mol. The number of sulfonamides is 3. The fraction of sp³-hybridized carbons (Fsp3) is 0.0566. The summed E-state index contributed by atoms with van der Waals surface area (Å²) in [5.41, 5.74) is 5.08. The van der Waals surface area contributed by atoms with E-state index in [9.17, 15) is 25.3 Å². The lowest BCUT2D eigenvalue weighted by molar-refractivity contribution is 0.595. The third-order valence-electron chi connectivity index (χ3n) is 12.6. The Morgan fingerprint density at radius 2 is 0.795 bits per heavy atom. The predicted octanol–water partition coefficient (Wildman–Crippen LogP) is 9.80. The second-order valence-electron chi connectivity index (χ2n) is 17.6. The molecule has 10 aromatic rings. The van der Waals surface area contributed by atoms with Gasteiger partial charge < -0.3 is 4.98 Å². The van der Waals surface area contributed by atoms with Crippen LogP contribution < -0.4 is 14.3 Å². The first-order valence-corrected chi connectivity index (χ1v) is 27.1. The summed E-state index contributed by atoms with van der Waals surface area (Å²) in [4.78, 5) is 36.4. The summed E-state index contributed by atoms with van der Waals surface area (Å²) in [5.74, 6) is 0.708. The zero-order chi connectivity index (χ0) is 50.4. The van der Waals surface area contributed by atoms with Crippen LogP contribution in [0.2, 0.25) is 0 Å². The Balaban J connectivity index is 1.21. The number of anilines is 2. The smallest absolute Gasteiger partial charge is 0.275 e. The van der Waals surface area contributed by atoms with E-state index < -0.39 is 30.1 Å². The van der Waals surface area contributed by atoms with E-state index in [1.165, 1.54) is 47.1 Å². The van der Waals surface area contributed by atoms with Gasteiger partial charge in [0.05, 0.1) is 31.4 Å². The van der Waals surface area contributed by atoms with E-state index in [-0.39, 0.29) is 77.3 Å². The Kier molecular flexibility index (Phi) is 10.5. The van der Waals surface area contributed by atoms with Gasteiger partial charge in [-0.25, -0.2) is 56.2 Å². The number of rotatable bonds is 9. The van der Waals surface area contributed by atoms with Crippen LogP contribution in [0, 0.1) is 20.8 Å². The summed E-state index contributed by atoms with van der Waals surface area (Å²) in [5, 5.41) is 1.57. The first-order chi connectivity index (χ1) is 35.1. The first-order valence-electron chi connectivity index (χ1n) is 22.7. The van der Waals surface area contributed by atoms with Crippen molar-refractivity contribution in [1.82, 2.24) is 39.6 Å². The second-order valence-corrected chi connectivity index (χ2v) is 22.6. The molecule has 0 fully saturated rings. The Morgan fingerprint density at radius 3 is 1.26 bits per heavy atom. The average Bonchev–Trinajstić information content (AvgIpc) is 4.10. The Morgan fingerprint density at radius 1 is 0.397 bits per heavy atom. The lowest BCUT2D eigenvalue weighted by atomic mass is 10.1. The molecule has 17 nitrogen and oxygen atoms in total. The van der Waals surface area contributed by atoms with Crippen molar-refractivity contribution in [1.29, 1.82) is 0 Å². The highest BCUT2D eigenvalue weighted by Crippen LogP contribution is 2.41. The molecule has 8 bridgehead atoms. The fourth-order valence-electron chi connectivity index (χ4n) is 8.84. The molecule has 2 aliphatic rings. The molecule has 4 N–H and O–H groups in total. The van der Waals surface area contributed by atoms with Crippen molar-refractivity contribution in [3.8, 4) is 45.6 Å². The maximum absolute atomic E-state index is 14.5. The molecule has 2 aliphatic heterocycles. The van der Waals surface area contributed by atoms with Gasteiger partial charge in [0.25, 0.3) is 30.1 Å². The van der Waals surface area contributed by atoms with Crippen LogP contribution in [0.5, 0.6) is 0 Å². The molecule has 12 rings (SSSR count). The SMILES string of the molecule is Cc1ccc(S(=O)(=O)Nc2ccc3c4nc5nc(nc6c7ccccc7c(nc7nc(nc([nH]4)c3c2NS(=O)(=O)c2ccc(C)cc2)-c2ccccc2-7)n6NS(=O)(=O)c2ccc(C)cc2)-c2ccccc2-5)cc1. The molecule has 0 spiro atoms. The van der Waals surface area contributed by atoms with Gasteiger partial charge >= 0.3 is 0 Å². The molecule has 0 saturated heterocycles. The highest BCUT2D eigenvalue weighted by Gasteiger charge is 2.28. The van der Waals surface area contributed by atoms with Gasteiger partial charge in [0.15, 0.2) is 34.6 Å². The number of H-pyrrole nitrogens is 1. The van der Waals surface area contributed by atoms with E-state index in [1.54, 1.807) is 60.7 Å². The summed E-state index contributed by atoms with van der Waals surface area (Å²) in [6.07, 6.45) is 0. The molecular formula is C53H39N11O6S3. The van der Waals surface area contributed by atoms with Crippen molar-refractivity contribution in [2.75, 3.05) is 14.3 Å². The Bertz CT molecular complexity index is 4490.